The Morgan fingerprint density at radius 1 is 1.15 bits per heavy atom. The van der Waals surface area contributed by atoms with Crippen LogP contribution in [0.4, 0.5) is 4.39 Å². The van der Waals surface area contributed by atoms with Crippen LogP contribution in [0.25, 0.3) is 10.9 Å². The van der Waals surface area contributed by atoms with Crippen LogP contribution in [0.3, 0.4) is 0 Å². The normalized spacial score (nSPS) is 15.5. The lowest BCUT2D eigenvalue weighted by Crippen LogP contribution is -2.20. The summed E-state index contributed by atoms with van der Waals surface area (Å²) in [4.78, 5) is 2.06. The third-order valence-corrected chi connectivity index (χ3v) is 6.45. The Labute approximate surface area is 151 Å². The van der Waals surface area contributed by atoms with E-state index in [2.05, 4.69) is 4.90 Å². The lowest BCUT2D eigenvalue weighted by molar-refractivity contribution is 0.259. The highest BCUT2D eigenvalue weighted by atomic mass is 32.2. The highest BCUT2D eigenvalue weighted by molar-refractivity contribution is 7.90. The van der Waals surface area contributed by atoms with Gasteiger partial charge in [-0.15, -0.1) is 0 Å². The predicted molar refractivity (Wildman–Crippen MR) is 97.5 cm³/mol. The molecule has 0 aliphatic carbocycles. The molecule has 0 unspecified atom stereocenters. The van der Waals surface area contributed by atoms with Crippen molar-refractivity contribution in [3.63, 3.8) is 0 Å². The number of hydrogen-bond acceptors (Lipinski definition) is 4. The highest BCUT2D eigenvalue weighted by Crippen LogP contribution is 2.33. The van der Waals surface area contributed by atoms with Crippen molar-refractivity contribution in [2.24, 2.45) is 0 Å². The van der Waals surface area contributed by atoms with Crippen LogP contribution in [0.2, 0.25) is 0 Å². The summed E-state index contributed by atoms with van der Waals surface area (Å²) in [6.07, 6.45) is 1.52. The standard InChI is InChI=1S/C19H19FN2O3S/c1-13-3-4-14(11-17(13)20)26(23,24)22-8-7-15-16-12-21(2)9-10-25-19(16)6-5-18(15)22/h3-8,11H,9-10,12H2,1-2H3. The number of rotatable bonds is 2. The van der Waals surface area contributed by atoms with E-state index in [1.807, 2.05) is 7.05 Å². The predicted octanol–water partition coefficient (Wildman–Crippen LogP) is 3.15. The quantitative estimate of drug-likeness (QED) is 0.692. The molecule has 0 radical (unpaired) electrons. The maximum absolute atomic E-state index is 13.9. The van der Waals surface area contributed by atoms with Gasteiger partial charge in [0.05, 0.1) is 10.4 Å². The fraction of sp³-hybridized carbons (Fsp3) is 0.263. The minimum atomic E-state index is -3.89. The molecule has 1 aliphatic heterocycles. The molecule has 3 aromatic rings. The molecule has 0 fully saturated rings. The second kappa shape index (κ2) is 6.10. The molecule has 0 amide bonds. The number of fused-ring (bicyclic) bond motifs is 3. The molecule has 4 rings (SSSR count). The topological polar surface area (TPSA) is 51.5 Å². The number of likely N-dealkylation sites (N-methyl/N-ethyl adjacent to an activating group) is 1. The van der Waals surface area contributed by atoms with Gasteiger partial charge < -0.3 is 4.74 Å². The zero-order valence-electron chi connectivity index (χ0n) is 14.6. The number of ether oxygens (including phenoxy) is 1. The smallest absolute Gasteiger partial charge is 0.268 e. The number of aromatic nitrogens is 1. The Morgan fingerprint density at radius 3 is 2.73 bits per heavy atom. The van der Waals surface area contributed by atoms with E-state index in [-0.39, 0.29) is 4.90 Å². The van der Waals surface area contributed by atoms with Crippen molar-refractivity contribution in [2.45, 2.75) is 18.4 Å². The van der Waals surface area contributed by atoms with Crippen LogP contribution in [0, 0.1) is 12.7 Å². The second-order valence-electron chi connectivity index (χ2n) is 6.59. The molecule has 0 spiro atoms. The van der Waals surface area contributed by atoms with Gasteiger partial charge in [0.25, 0.3) is 10.0 Å². The van der Waals surface area contributed by atoms with Crippen LogP contribution in [0.1, 0.15) is 11.1 Å². The summed E-state index contributed by atoms with van der Waals surface area (Å²) in [5.41, 5.74) is 1.93. The molecule has 1 aliphatic rings. The van der Waals surface area contributed by atoms with E-state index in [1.165, 1.54) is 22.3 Å². The molecule has 1 aromatic heterocycles. The summed E-state index contributed by atoms with van der Waals surface area (Å²) in [5, 5.41) is 0.826. The van der Waals surface area contributed by atoms with Gasteiger partial charge >= 0.3 is 0 Å². The molecule has 0 saturated carbocycles. The zero-order chi connectivity index (χ0) is 18.5. The van der Waals surface area contributed by atoms with E-state index in [4.69, 9.17) is 4.74 Å². The molecule has 26 heavy (non-hydrogen) atoms. The van der Waals surface area contributed by atoms with Gasteiger partial charge in [-0.1, -0.05) is 6.07 Å². The molecule has 2 aromatic carbocycles. The summed E-state index contributed by atoms with van der Waals surface area (Å²) in [7, 11) is -1.89. The average molecular weight is 374 g/mol. The van der Waals surface area contributed by atoms with Crippen LogP contribution in [0.15, 0.2) is 47.5 Å². The van der Waals surface area contributed by atoms with Crippen molar-refractivity contribution >= 4 is 20.9 Å². The van der Waals surface area contributed by atoms with E-state index in [1.54, 1.807) is 25.1 Å². The van der Waals surface area contributed by atoms with Crippen molar-refractivity contribution < 1.29 is 17.5 Å². The fourth-order valence-corrected chi connectivity index (χ4v) is 4.61. The summed E-state index contributed by atoms with van der Waals surface area (Å²) >= 11 is 0. The van der Waals surface area contributed by atoms with Gasteiger partial charge in [0.2, 0.25) is 0 Å². The molecule has 0 N–H and O–H groups in total. The van der Waals surface area contributed by atoms with Crippen LogP contribution >= 0.6 is 0 Å². The lowest BCUT2D eigenvalue weighted by atomic mass is 10.1. The Kier molecular flexibility index (Phi) is 4.00. The summed E-state index contributed by atoms with van der Waals surface area (Å²) < 4.78 is 46.9. The van der Waals surface area contributed by atoms with E-state index in [9.17, 15) is 12.8 Å². The van der Waals surface area contributed by atoms with Crippen LogP contribution in [-0.4, -0.2) is 37.5 Å². The molecule has 2 heterocycles. The van der Waals surface area contributed by atoms with Crippen molar-refractivity contribution in [3.05, 3.63) is 59.5 Å². The van der Waals surface area contributed by atoms with Gasteiger partial charge in [-0.3, -0.25) is 4.90 Å². The summed E-state index contributed by atoms with van der Waals surface area (Å²) in [6, 6.07) is 9.29. The second-order valence-corrected chi connectivity index (χ2v) is 8.40. The van der Waals surface area contributed by atoms with E-state index < -0.39 is 15.8 Å². The summed E-state index contributed by atoms with van der Waals surface area (Å²) in [6.45, 7) is 3.67. The molecular formula is C19H19FN2O3S. The molecule has 0 saturated heterocycles. The first-order valence-corrected chi connectivity index (χ1v) is 9.78. The third kappa shape index (κ3) is 2.68. The van der Waals surface area contributed by atoms with Crippen molar-refractivity contribution in [1.29, 1.82) is 0 Å². The number of nitrogens with zero attached hydrogens (tertiary/aromatic N) is 2. The van der Waals surface area contributed by atoms with Gasteiger partial charge in [-0.05, 0) is 49.9 Å². The van der Waals surface area contributed by atoms with Gasteiger partial charge in [0.15, 0.2) is 0 Å². The first kappa shape index (κ1) is 17.1. The Morgan fingerprint density at radius 2 is 1.96 bits per heavy atom. The summed E-state index contributed by atoms with van der Waals surface area (Å²) in [5.74, 6) is 0.241. The van der Waals surface area contributed by atoms with E-state index >= 15 is 0 Å². The van der Waals surface area contributed by atoms with E-state index in [0.717, 1.165) is 29.3 Å². The minimum Gasteiger partial charge on any atom is -0.492 e. The minimum absolute atomic E-state index is 0.0681. The average Bonchev–Trinajstić information content (AvgIpc) is 2.95. The molecule has 0 bridgehead atoms. The van der Waals surface area contributed by atoms with Crippen molar-refractivity contribution in [1.82, 2.24) is 8.87 Å². The zero-order valence-corrected chi connectivity index (χ0v) is 15.4. The molecule has 7 heteroatoms. The maximum Gasteiger partial charge on any atom is 0.268 e. The molecule has 5 nitrogen and oxygen atoms in total. The first-order valence-electron chi connectivity index (χ1n) is 8.34. The van der Waals surface area contributed by atoms with Gasteiger partial charge in [-0.2, -0.15) is 0 Å². The van der Waals surface area contributed by atoms with Crippen molar-refractivity contribution in [2.75, 3.05) is 20.2 Å². The van der Waals surface area contributed by atoms with Crippen molar-refractivity contribution in [3.8, 4) is 5.75 Å². The Bertz CT molecular complexity index is 1110. The maximum atomic E-state index is 13.9. The first-order chi connectivity index (χ1) is 12.4. The monoisotopic (exact) mass is 374 g/mol. The Balaban J connectivity index is 1.89. The van der Waals surface area contributed by atoms with Crippen LogP contribution < -0.4 is 4.74 Å². The van der Waals surface area contributed by atoms with Gasteiger partial charge in [0.1, 0.15) is 18.2 Å². The number of hydrogen-bond donors (Lipinski definition) is 0. The third-order valence-electron chi connectivity index (χ3n) is 4.76. The molecule has 136 valence electrons. The fourth-order valence-electron chi connectivity index (χ4n) is 3.25. The molecular weight excluding hydrogens is 355 g/mol. The lowest BCUT2D eigenvalue weighted by Gasteiger charge is -2.13. The Hall–Kier alpha value is -2.38. The van der Waals surface area contributed by atoms with Gasteiger partial charge in [0, 0.05) is 30.2 Å². The number of halogens is 1. The largest absolute Gasteiger partial charge is 0.492 e. The number of benzene rings is 2. The number of aryl methyl sites for hydroxylation is 1. The van der Waals surface area contributed by atoms with Crippen LogP contribution in [-0.2, 0) is 16.6 Å². The SMILES string of the molecule is Cc1ccc(S(=O)(=O)n2ccc3c4c(ccc32)OCCN(C)C4)cc1F. The van der Waals surface area contributed by atoms with Gasteiger partial charge in [-0.25, -0.2) is 16.8 Å². The van der Waals surface area contributed by atoms with Crippen LogP contribution in [0.5, 0.6) is 5.75 Å². The highest BCUT2D eigenvalue weighted by Gasteiger charge is 2.23. The molecule has 0 atom stereocenters. The van der Waals surface area contributed by atoms with E-state index in [0.29, 0.717) is 24.2 Å².